The molecule has 0 saturated carbocycles. The minimum absolute atomic E-state index is 0.0237. The van der Waals surface area contributed by atoms with Crippen molar-refractivity contribution in [3.63, 3.8) is 0 Å². The highest BCUT2D eigenvalue weighted by molar-refractivity contribution is 7.88. The maximum Gasteiger partial charge on any atom is 0.415 e. The molecule has 11 N–H and O–H groups in total. The molecule has 0 spiro atoms. The Morgan fingerprint density at radius 1 is 0.739 bits per heavy atom. The average Bonchev–Trinajstić information content (AvgIpc) is 1.58. The Kier molecular flexibility index (Phi) is 26.0. The molecule has 5 aromatic rings. The first kappa shape index (κ1) is 72.8. The number of urea groups is 1. The lowest BCUT2D eigenvalue weighted by Crippen LogP contribution is -2.57. The lowest BCUT2D eigenvalue weighted by atomic mass is 9.97. The number of fused-ring (bicyclic) bond motifs is 6. The third-order valence-corrected chi connectivity index (χ3v) is 19.7. The Bertz CT molecular complexity index is 3610. The van der Waals surface area contributed by atoms with Crippen molar-refractivity contribution in [3.8, 4) is 11.5 Å². The van der Waals surface area contributed by atoms with Gasteiger partial charge in [-0.2, -0.15) is 0 Å². The molecular formula is C61H83Cl2N11O14P2S2. The van der Waals surface area contributed by atoms with Gasteiger partial charge >= 0.3 is 18.2 Å². The second-order valence-electron chi connectivity index (χ2n) is 23.4. The van der Waals surface area contributed by atoms with Gasteiger partial charge in [0.2, 0.25) is 35.4 Å². The summed E-state index contributed by atoms with van der Waals surface area (Å²) >= 11 is 15.9. The molecule has 92 heavy (non-hydrogen) atoms. The van der Waals surface area contributed by atoms with Crippen molar-refractivity contribution >= 4 is 153 Å². The van der Waals surface area contributed by atoms with Crippen molar-refractivity contribution in [2.45, 2.75) is 123 Å². The molecule has 502 valence electrons. The van der Waals surface area contributed by atoms with Crippen LogP contribution in [0.1, 0.15) is 112 Å². The van der Waals surface area contributed by atoms with Gasteiger partial charge in [-0.3, -0.25) is 28.8 Å². The van der Waals surface area contributed by atoms with Crippen LogP contribution in [0.15, 0.2) is 47.2 Å². The number of carbonyl (C=O) groups excluding carboxylic acids is 9. The molecule has 3 aromatic carbocycles. The van der Waals surface area contributed by atoms with E-state index in [4.69, 9.17) is 48.7 Å². The van der Waals surface area contributed by atoms with Gasteiger partial charge in [0.25, 0.3) is 7.23 Å². The summed E-state index contributed by atoms with van der Waals surface area (Å²) in [6.07, 6.45) is 0.716. The fourth-order valence-corrected chi connectivity index (χ4v) is 14.6. The van der Waals surface area contributed by atoms with Gasteiger partial charge in [0.05, 0.1) is 20.8 Å². The number of rotatable bonds is 30. The number of likely N-dealkylation sites (N-methyl/N-ethyl adjacent to an activating group) is 2. The van der Waals surface area contributed by atoms with Crippen LogP contribution in [0.2, 0.25) is 0 Å². The number of nitrogens with one attached hydrogen (secondary N) is 5. The smallest absolute Gasteiger partial charge is 0.415 e. The third-order valence-electron chi connectivity index (χ3n) is 15.9. The number of anilines is 3. The molecule has 0 radical (unpaired) electrons. The van der Waals surface area contributed by atoms with E-state index in [0.717, 1.165) is 46.3 Å². The highest BCUT2D eigenvalue weighted by Crippen LogP contribution is 2.54. The Labute approximate surface area is 554 Å². The number of ether oxygens (including phenoxy) is 2. The van der Waals surface area contributed by atoms with Gasteiger partial charge in [-0.25, -0.2) is 14.4 Å². The minimum Gasteiger partial charge on any atom is -0.445 e. The number of primary amides is 1. The fraction of sp³-hybridized carbons (Fsp3) is 0.492. The summed E-state index contributed by atoms with van der Waals surface area (Å²) in [6.45, 7) is 9.71. The maximum atomic E-state index is 14.3. The molecule has 10 amide bonds. The van der Waals surface area contributed by atoms with Crippen LogP contribution in [0.25, 0.3) is 20.2 Å². The average molecular weight is 1390 g/mol. The van der Waals surface area contributed by atoms with Crippen molar-refractivity contribution in [1.82, 2.24) is 31.1 Å². The monoisotopic (exact) mass is 1390 g/mol. The van der Waals surface area contributed by atoms with E-state index in [1.54, 1.807) is 60.0 Å². The van der Waals surface area contributed by atoms with Crippen LogP contribution >= 0.6 is 61.6 Å². The van der Waals surface area contributed by atoms with E-state index in [-0.39, 0.29) is 112 Å². The number of nitrogens with zero attached hydrogens (tertiary/aromatic N) is 4. The van der Waals surface area contributed by atoms with Crippen LogP contribution in [0, 0.1) is 19.8 Å². The molecule has 31 heteroatoms. The van der Waals surface area contributed by atoms with Crippen molar-refractivity contribution in [2.24, 2.45) is 17.4 Å². The van der Waals surface area contributed by atoms with E-state index in [1.807, 2.05) is 24.6 Å². The van der Waals surface area contributed by atoms with Crippen molar-refractivity contribution in [2.75, 3.05) is 80.2 Å². The molecule has 0 bridgehead atoms. The van der Waals surface area contributed by atoms with Gasteiger partial charge in [0.1, 0.15) is 30.5 Å². The number of halogens is 2. The van der Waals surface area contributed by atoms with E-state index in [2.05, 4.69) is 26.6 Å². The summed E-state index contributed by atoms with van der Waals surface area (Å²) in [5.74, 6) is -2.51. The fourth-order valence-electron chi connectivity index (χ4n) is 11.2. The van der Waals surface area contributed by atoms with Crippen LogP contribution in [0.4, 0.5) is 31.4 Å². The van der Waals surface area contributed by atoms with Crippen molar-refractivity contribution in [1.29, 1.82) is 0 Å². The molecule has 2 aliphatic rings. The zero-order valence-corrected chi connectivity index (χ0v) is 58.0. The van der Waals surface area contributed by atoms with Crippen LogP contribution in [0.3, 0.4) is 0 Å². The quantitative estimate of drug-likeness (QED) is 0.0120. The summed E-state index contributed by atoms with van der Waals surface area (Å²) in [7, 11) is 0.344. The van der Waals surface area contributed by atoms with Gasteiger partial charge in [0, 0.05) is 119 Å². The molecule has 6 atom stereocenters. The predicted molar refractivity (Wildman–Crippen MR) is 364 cm³/mol. The molecule has 0 fully saturated rings. The number of hydrogen-bond donors (Lipinski definition) is 9. The summed E-state index contributed by atoms with van der Waals surface area (Å²) < 4.78 is 18.8. The molecule has 0 aliphatic carbocycles. The van der Waals surface area contributed by atoms with Gasteiger partial charge < -0.3 is 81.4 Å². The Morgan fingerprint density at radius 2 is 1.27 bits per heavy atom. The number of alkyl halides is 2. The largest absolute Gasteiger partial charge is 0.445 e. The summed E-state index contributed by atoms with van der Waals surface area (Å²) in [6, 6.07) is 5.95. The second kappa shape index (κ2) is 32.9. The molecular weight excluding hydrogens is 1310 g/mol. The molecule has 1 unspecified atom stereocenters. The number of carbonyl (C=O) groups is 9. The number of unbranched alkanes of at least 4 members (excludes halogenated alkanes) is 1. The van der Waals surface area contributed by atoms with Crippen LogP contribution in [-0.2, 0) is 40.1 Å². The Balaban J connectivity index is 0.922. The molecule has 25 nitrogen and oxygen atoms in total. The number of amides is 10. The van der Waals surface area contributed by atoms with E-state index < -0.39 is 73.1 Å². The van der Waals surface area contributed by atoms with Crippen LogP contribution in [-0.4, -0.2) is 156 Å². The number of aryl methyl sites for hydroxylation is 2. The van der Waals surface area contributed by atoms with Gasteiger partial charge in [-0.05, 0) is 116 Å². The number of hydrogen-bond acceptors (Lipinski definition) is 15. The normalized spacial score (nSPS) is 15.3. The number of thiophene rings is 2. The minimum atomic E-state index is -3.67. The molecule has 2 aromatic heterocycles. The first-order chi connectivity index (χ1) is 43.6. The van der Waals surface area contributed by atoms with Crippen molar-refractivity contribution < 1.29 is 66.9 Å². The summed E-state index contributed by atoms with van der Waals surface area (Å²) in [4.78, 5) is 146. The highest BCUT2D eigenvalue weighted by atomic mass is 35.5. The highest BCUT2D eigenvalue weighted by Gasteiger charge is 2.39. The van der Waals surface area contributed by atoms with Crippen LogP contribution in [0.5, 0.6) is 11.5 Å². The van der Waals surface area contributed by atoms with Crippen LogP contribution < -0.4 is 57.1 Å². The van der Waals surface area contributed by atoms with E-state index in [1.165, 1.54) is 53.5 Å². The lowest BCUT2D eigenvalue weighted by molar-refractivity contribution is -0.133. The number of benzene rings is 3. The van der Waals surface area contributed by atoms with E-state index >= 15 is 0 Å². The Morgan fingerprint density at radius 3 is 1.79 bits per heavy atom. The molecule has 7 rings (SSSR count). The molecule has 4 heterocycles. The molecule has 0 saturated heterocycles. The topological polar surface area (TPSA) is 347 Å². The maximum absolute atomic E-state index is 14.3. The van der Waals surface area contributed by atoms with Gasteiger partial charge in [-0.15, -0.1) is 45.9 Å². The summed E-state index contributed by atoms with van der Waals surface area (Å²) in [5.41, 5.74) is 16.6. The summed E-state index contributed by atoms with van der Waals surface area (Å²) in [5, 5.41) is 19.0. The number of nitrogens with two attached hydrogens (primary N) is 2. The van der Waals surface area contributed by atoms with Gasteiger partial charge in [-0.1, -0.05) is 34.5 Å². The first-order valence-corrected chi connectivity index (χ1v) is 36.7. The van der Waals surface area contributed by atoms with Crippen molar-refractivity contribution in [3.05, 3.63) is 75.0 Å². The third kappa shape index (κ3) is 18.6. The zero-order valence-electron chi connectivity index (χ0n) is 52.6. The first-order valence-electron chi connectivity index (χ1n) is 30.2. The van der Waals surface area contributed by atoms with E-state index in [9.17, 15) is 52.9 Å². The predicted octanol–water partition coefficient (Wildman–Crippen LogP) is 7.94. The second-order valence-corrected chi connectivity index (χ2v) is 29.8. The Hall–Kier alpha value is -6.67. The SMILES string of the molecule is CC(=O)N[C@@H](CCCCN)C(=O)N[C@H](C(=O)N[C@@H](CCCNC(N)=O)C(=O)Nc1ccc(COC(=O)N(C)CCN(C)C(=O)Oc2cc3c(c4c(C)csc24)[C@H](CCl)CN3C(=O)CCCC(=O)N2C[C@@H](CCl)c3c2cc(OP(O)(O)=[PH3])c2scc(C)c32)cc1)C(C)C. The van der Waals surface area contributed by atoms with Gasteiger partial charge in [0.15, 0.2) is 5.75 Å². The molecule has 2 aliphatic heterocycles. The standard InChI is InChI=1S/C61H83Cl2N11O14P2S2/c1-33(2)53(70-57(79)41(67-36(5)75)12-8-9-20-64)58(80)69-42(13-11-21-66-59(65)81)56(78)68-40-18-16-37(17-19-40)30-86-60(82)71(6)22-23-72(7)61(83)87-45-24-43-51(49-34(3)31-91-54(45)49)38(26-62)28-73(43)47(76)14-10-15-48(77)74-29-39(27-63)52-44(74)25-46(88-90(84,85)89)55-50(52)35(4)32-92-55/h16-19,24-25,31-33,38-39,41-42,53,84-85H,8-15,20-23,26-30,64H2,1-7,89H3,(H,67,75)(H,68,78)(H,69,80)(H,70,79)(H3,65,66,81)/t38-,39-,41+,42+,53+/m1/s1. The van der Waals surface area contributed by atoms with E-state index in [0.29, 0.717) is 59.7 Å². The lowest BCUT2D eigenvalue weighted by Gasteiger charge is -2.27. The zero-order chi connectivity index (χ0) is 67.3.